The average Bonchev–Trinajstić information content (AvgIpc) is 2.38. The van der Waals surface area contributed by atoms with Crippen LogP contribution in [0.3, 0.4) is 0 Å². The Balaban J connectivity index is 2.69. The zero-order valence-electron chi connectivity index (χ0n) is 8.85. The Kier molecular flexibility index (Phi) is 3.22. The molecular weight excluding hydrogens is 234 g/mol. The van der Waals surface area contributed by atoms with Crippen LogP contribution in [0.1, 0.15) is 15.9 Å². The van der Waals surface area contributed by atoms with Crippen molar-refractivity contribution in [2.75, 3.05) is 0 Å². The van der Waals surface area contributed by atoms with E-state index in [1.807, 2.05) is 12.1 Å². The summed E-state index contributed by atoms with van der Waals surface area (Å²) < 4.78 is 0. The first kappa shape index (κ1) is 11.4. The van der Waals surface area contributed by atoms with Gasteiger partial charge in [-0.2, -0.15) is 5.26 Å². The lowest BCUT2D eigenvalue weighted by Gasteiger charge is -2.07. The molecule has 0 saturated carbocycles. The molecule has 0 aliphatic carbocycles. The van der Waals surface area contributed by atoms with E-state index in [1.54, 1.807) is 36.4 Å². The first-order valence-corrected chi connectivity index (χ1v) is 5.40. The third kappa shape index (κ3) is 2.20. The molecule has 0 aliphatic rings. The lowest BCUT2D eigenvalue weighted by molar-refractivity contribution is 0.108. The third-order valence-electron chi connectivity index (χ3n) is 2.48. The summed E-state index contributed by atoms with van der Waals surface area (Å²) >= 11 is 5.53. The van der Waals surface area contributed by atoms with E-state index >= 15 is 0 Å². The van der Waals surface area contributed by atoms with Gasteiger partial charge in [-0.15, -0.1) is 0 Å². The zero-order valence-corrected chi connectivity index (χ0v) is 9.61. The monoisotopic (exact) mass is 241 g/mol. The van der Waals surface area contributed by atoms with Gasteiger partial charge in [-0.05, 0) is 29.3 Å². The molecule has 0 N–H and O–H groups in total. The van der Waals surface area contributed by atoms with Gasteiger partial charge in [0.1, 0.15) is 0 Å². The van der Waals surface area contributed by atoms with E-state index in [0.717, 1.165) is 5.56 Å². The second kappa shape index (κ2) is 4.82. The number of nitrogens with zero attached hydrogens (tertiary/aromatic N) is 1. The van der Waals surface area contributed by atoms with Crippen LogP contribution in [0.25, 0.3) is 11.1 Å². The van der Waals surface area contributed by atoms with Crippen molar-refractivity contribution in [2.45, 2.75) is 0 Å². The number of benzene rings is 2. The summed E-state index contributed by atoms with van der Waals surface area (Å²) in [7, 11) is 0. The minimum absolute atomic E-state index is 0.414. The van der Waals surface area contributed by atoms with Crippen molar-refractivity contribution < 1.29 is 4.79 Å². The highest BCUT2D eigenvalue weighted by atomic mass is 35.5. The topological polar surface area (TPSA) is 40.9 Å². The van der Waals surface area contributed by atoms with Crippen LogP contribution >= 0.6 is 11.6 Å². The van der Waals surface area contributed by atoms with Crippen LogP contribution in [0.5, 0.6) is 0 Å². The molecule has 0 unspecified atom stereocenters. The number of hydrogen-bond acceptors (Lipinski definition) is 2. The molecule has 0 spiro atoms. The minimum Gasteiger partial charge on any atom is -0.276 e. The highest BCUT2D eigenvalue weighted by Crippen LogP contribution is 2.27. The Labute approximate surface area is 104 Å². The maximum absolute atomic E-state index is 11.3. The first-order valence-electron chi connectivity index (χ1n) is 5.02. The highest BCUT2D eigenvalue weighted by molar-refractivity contribution is 6.68. The molecule has 0 amide bonds. The summed E-state index contributed by atoms with van der Waals surface area (Å²) in [6.45, 7) is 0. The summed E-state index contributed by atoms with van der Waals surface area (Å²) in [4.78, 5) is 11.3. The van der Waals surface area contributed by atoms with Gasteiger partial charge in [0.05, 0.1) is 11.6 Å². The van der Waals surface area contributed by atoms with Crippen LogP contribution in [-0.2, 0) is 0 Å². The number of halogens is 1. The molecule has 2 aromatic carbocycles. The van der Waals surface area contributed by atoms with Gasteiger partial charge in [-0.1, -0.05) is 36.4 Å². The summed E-state index contributed by atoms with van der Waals surface area (Å²) in [6.07, 6.45) is 0. The number of carbonyl (C=O) groups is 1. The van der Waals surface area contributed by atoms with Crippen LogP contribution < -0.4 is 0 Å². The molecule has 0 aliphatic heterocycles. The molecule has 2 nitrogen and oxygen atoms in total. The standard InChI is InChI=1S/C14H8ClNO/c15-14(17)13-8-4-3-7-12(13)11-6-2-1-5-10(11)9-16/h1-8H. The van der Waals surface area contributed by atoms with Gasteiger partial charge in [-0.3, -0.25) is 4.79 Å². The van der Waals surface area contributed by atoms with Crippen molar-refractivity contribution >= 4 is 16.8 Å². The van der Waals surface area contributed by atoms with Crippen LogP contribution in [0.2, 0.25) is 0 Å². The largest absolute Gasteiger partial charge is 0.276 e. The summed E-state index contributed by atoms with van der Waals surface area (Å²) in [5, 5.41) is 8.52. The Bertz CT molecular complexity index is 614. The van der Waals surface area contributed by atoms with Crippen LogP contribution in [0.4, 0.5) is 0 Å². The van der Waals surface area contributed by atoms with Crippen molar-refractivity contribution in [3.05, 3.63) is 59.7 Å². The van der Waals surface area contributed by atoms with Gasteiger partial charge >= 0.3 is 0 Å². The van der Waals surface area contributed by atoms with E-state index in [-0.39, 0.29) is 0 Å². The number of carbonyl (C=O) groups excluding carboxylic acids is 1. The normalized spacial score (nSPS) is 9.65. The van der Waals surface area contributed by atoms with Gasteiger partial charge in [0.15, 0.2) is 0 Å². The second-order valence-electron chi connectivity index (χ2n) is 3.48. The fourth-order valence-electron chi connectivity index (χ4n) is 1.70. The molecule has 2 aromatic rings. The molecule has 17 heavy (non-hydrogen) atoms. The van der Waals surface area contributed by atoms with E-state index in [0.29, 0.717) is 16.7 Å². The zero-order chi connectivity index (χ0) is 12.3. The van der Waals surface area contributed by atoms with Gasteiger partial charge < -0.3 is 0 Å². The van der Waals surface area contributed by atoms with Crippen LogP contribution in [-0.4, -0.2) is 5.24 Å². The Morgan fingerprint density at radius 3 is 2.24 bits per heavy atom. The lowest BCUT2D eigenvalue weighted by atomic mass is 9.96. The Morgan fingerprint density at radius 1 is 1.00 bits per heavy atom. The number of rotatable bonds is 2. The molecule has 0 aromatic heterocycles. The van der Waals surface area contributed by atoms with Gasteiger partial charge in [0, 0.05) is 11.1 Å². The third-order valence-corrected chi connectivity index (χ3v) is 2.68. The number of hydrogen-bond donors (Lipinski definition) is 0. The lowest BCUT2D eigenvalue weighted by Crippen LogP contribution is -1.94. The Hall–Kier alpha value is -2.11. The summed E-state index contributed by atoms with van der Waals surface area (Å²) in [5.74, 6) is 0. The molecule has 82 valence electrons. The smallest absolute Gasteiger partial charge is 0.253 e. The molecule has 2 rings (SSSR count). The Morgan fingerprint density at radius 2 is 1.59 bits per heavy atom. The molecule has 0 atom stereocenters. The van der Waals surface area contributed by atoms with Crippen molar-refractivity contribution in [2.24, 2.45) is 0 Å². The maximum atomic E-state index is 11.3. The fourth-order valence-corrected chi connectivity index (χ4v) is 1.87. The molecule has 0 saturated heterocycles. The van der Waals surface area contributed by atoms with E-state index < -0.39 is 5.24 Å². The maximum Gasteiger partial charge on any atom is 0.253 e. The SMILES string of the molecule is N#Cc1ccccc1-c1ccccc1C(=O)Cl. The van der Waals surface area contributed by atoms with Crippen molar-refractivity contribution in [3.8, 4) is 17.2 Å². The summed E-state index contributed by atoms with van der Waals surface area (Å²) in [6, 6.07) is 16.2. The molecule has 3 heteroatoms. The number of nitriles is 1. The minimum atomic E-state index is -0.520. The van der Waals surface area contributed by atoms with E-state index in [1.165, 1.54) is 0 Å². The van der Waals surface area contributed by atoms with Gasteiger partial charge in [0.2, 0.25) is 0 Å². The molecule has 0 fully saturated rings. The molecule has 0 radical (unpaired) electrons. The fraction of sp³-hybridized carbons (Fsp3) is 0. The van der Waals surface area contributed by atoms with Crippen molar-refractivity contribution in [1.82, 2.24) is 0 Å². The van der Waals surface area contributed by atoms with E-state index in [2.05, 4.69) is 6.07 Å². The van der Waals surface area contributed by atoms with Gasteiger partial charge in [-0.25, -0.2) is 0 Å². The first-order chi connectivity index (χ1) is 8.24. The molecular formula is C14H8ClNO. The van der Waals surface area contributed by atoms with Crippen molar-refractivity contribution in [3.63, 3.8) is 0 Å². The molecule has 0 heterocycles. The second-order valence-corrected chi connectivity index (χ2v) is 3.82. The van der Waals surface area contributed by atoms with Crippen molar-refractivity contribution in [1.29, 1.82) is 5.26 Å². The van der Waals surface area contributed by atoms with Gasteiger partial charge in [0.25, 0.3) is 5.24 Å². The van der Waals surface area contributed by atoms with Crippen LogP contribution in [0, 0.1) is 11.3 Å². The average molecular weight is 242 g/mol. The van der Waals surface area contributed by atoms with Crippen LogP contribution in [0.15, 0.2) is 48.5 Å². The quantitative estimate of drug-likeness (QED) is 0.754. The summed E-state index contributed by atoms with van der Waals surface area (Å²) in [5.41, 5.74) is 2.35. The highest BCUT2D eigenvalue weighted by Gasteiger charge is 2.12. The van der Waals surface area contributed by atoms with E-state index in [4.69, 9.17) is 16.9 Å². The predicted molar refractivity (Wildman–Crippen MR) is 66.8 cm³/mol. The molecule has 0 bridgehead atoms. The predicted octanol–water partition coefficient (Wildman–Crippen LogP) is 3.60. The van der Waals surface area contributed by atoms with E-state index in [9.17, 15) is 4.79 Å².